The summed E-state index contributed by atoms with van der Waals surface area (Å²) in [6.45, 7) is 8.27. The lowest BCUT2D eigenvalue weighted by Gasteiger charge is -2.24. The number of hydrogen-bond donors (Lipinski definition) is 1. The first kappa shape index (κ1) is 14.3. The van der Waals surface area contributed by atoms with Crippen LogP contribution in [0.5, 0.6) is 0 Å². The molecule has 0 fully saturated rings. The molecular weight excluding hydrogens is 214 g/mol. The van der Waals surface area contributed by atoms with Crippen molar-refractivity contribution in [3.05, 3.63) is 23.7 Å². The van der Waals surface area contributed by atoms with Gasteiger partial charge in [-0.3, -0.25) is 0 Å². The molecule has 1 N–H and O–H groups in total. The lowest BCUT2D eigenvalue weighted by atomic mass is 9.93. The number of methoxy groups -OCH3 is 1. The molecule has 0 aromatic carbocycles. The smallest absolute Gasteiger partial charge is 0.101 e. The topological polar surface area (TPSA) is 34.4 Å². The third-order valence-corrected chi connectivity index (χ3v) is 3.07. The Morgan fingerprint density at radius 3 is 2.76 bits per heavy atom. The number of aryl methyl sites for hydroxylation is 1. The Balaban J connectivity index is 2.65. The maximum absolute atomic E-state index is 5.41. The Morgan fingerprint density at radius 2 is 2.24 bits per heavy atom. The monoisotopic (exact) mass is 239 g/mol. The molecular formula is C14H25NO2. The Labute approximate surface area is 105 Å². The van der Waals surface area contributed by atoms with E-state index in [4.69, 9.17) is 9.15 Å². The number of rotatable bonds is 8. The molecule has 0 bridgehead atoms. The van der Waals surface area contributed by atoms with E-state index in [0.29, 0.717) is 12.0 Å². The molecule has 2 atom stereocenters. The van der Waals surface area contributed by atoms with E-state index < -0.39 is 0 Å². The molecule has 0 aliphatic heterocycles. The minimum atomic E-state index is 0.363. The maximum Gasteiger partial charge on any atom is 0.101 e. The molecule has 0 saturated heterocycles. The van der Waals surface area contributed by atoms with Crippen LogP contribution in [0.1, 0.15) is 44.1 Å². The van der Waals surface area contributed by atoms with Crippen molar-refractivity contribution >= 4 is 0 Å². The Morgan fingerprint density at radius 1 is 1.47 bits per heavy atom. The van der Waals surface area contributed by atoms with Crippen molar-refractivity contribution in [1.82, 2.24) is 5.32 Å². The van der Waals surface area contributed by atoms with Crippen LogP contribution in [0.3, 0.4) is 0 Å². The average Bonchev–Trinajstić information content (AvgIpc) is 2.73. The molecule has 1 rings (SSSR count). The average molecular weight is 239 g/mol. The summed E-state index contributed by atoms with van der Waals surface area (Å²) in [6, 6.07) is 2.49. The molecule has 1 aromatic heterocycles. The van der Waals surface area contributed by atoms with Crippen molar-refractivity contribution in [3.8, 4) is 0 Å². The molecule has 0 aliphatic rings. The van der Waals surface area contributed by atoms with Crippen LogP contribution in [0.2, 0.25) is 0 Å². The fourth-order valence-electron chi connectivity index (χ4n) is 2.04. The second kappa shape index (κ2) is 7.51. The van der Waals surface area contributed by atoms with Crippen molar-refractivity contribution in [1.29, 1.82) is 0 Å². The molecule has 3 nitrogen and oxygen atoms in total. The van der Waals surface area contributed by atoms with Gasteiger partial charge in [0.15, 0.2) is 0 Å². The highest BCUT2D eigenvalue weighted by Gasteiger charge is 2.19. The highest BCUT2D eigenvalue weighted by Crippen LogP contribution is 2.26. The van der Waals surface area contributed by atoms with Crippen LogP contribution in [0, 0.1) is 12.8 Å². The van der Waals surface area contributed by atoms with E-state index in [1.165, 1.54) is 5.56 Å². The van der Waals surface area contributed by atoms with Gasteiger partial charge in [0.2, 0.25) is 0 Å². The summed E-state index contributed by atoms with van der Waals surface area (Å²) in [7, 11) is 1.75. The van der Waals surface area contributed by atoms with Gasteiger partial charge in [-0.25, -0.2) is 0 Å². The molecule has 0 aliphatic carbocycles. The van der Waals surface area contributed by atoms with E-state index in [2.05, 4.69) is 25.2 Å². The molecule has 98 valence electrons. The van der Waals surface area contributed by atoms with E-state index in [9.17, 15) is 0 Å². The zero-order chi connectivity index (χ0) is 12.7. The van der Waals surface area contributed by atoms with Crippen LogP contribution in [-0.2, 0) is 4.74 Å². The van der Waals surface area contributed by atoms with E-state index in [1.54, 1.807) is 7.11 Å². The normalized spacial score (nSPS) is 14.8. The summed E-state index contributed by atoms with van der Waals surface area (Å²) >= 11 is 0. The Hall–Kier alpha value is -0.800. The lowest BCUT2D eigenvalue weighted by Crippen LogP contribution is -2.28. The molecule has 17 heavy (non-hydrogen) atoms. The minimum absolute atomic E-state index is 0.363. The number of hydrogen-bond acceptors (Lipinski definition) is 3. The van der Waals surface area contributed by atoms with Crippen molar-refractivity contribution in [2.75, 3.05) is 20.3 Å². The fourth-order valence-corrected chi connectivity index (χ4v) is 2.04. The van der Waals surface area contributed by atoms with Gasteiger partial charge in [0.1, 0.15) is 5.76 Å². The summed E-state index contributed by atoms with van der Waals surface area (Å²) in [6.07, 6.45) is 4.07. The predicted molar refractivity (Wildman–Crippen MR) is 70.1 cm³/mol. The summed E-state index contributed by atoms with van der Waals surface area (Å²) < 4.78 is 10.6. The maximum atomic E-state index is 5.41. The third-order valence-electron chi connectivity index (χ3n) is 3.07. The largest absolute Gasteiger partial charge is 0.469 e. The Kier molecular flexibility index (Phi) is 6.30. The van der Waals surface area contributed by atoms with Crippen LogP contribution in [0.25, 0.3) is 0 Å². The van der Waals surface area contributed by atoms with Gasteiger partial charge in [-0.1, -0.05) is 13.8 Å². The summed E-state index contributed by atoms with van der Waals surface area (Å²) in [5, 5.41) is 3.59. The van der Waals surface area contributed by atoms with Crippen LogP contribution in [0.15, 0.2) is 16.7 Å². The van der Waals surface area contributed by atoms with Gasteiger partial charge in [0, 0.05) is 25.3 Å². The standard InChI is InChI=1S/C14H25NO2/c1-5-7-15-14(11(2)6-8-16-4)13-9-12(3)17-10-13/h9-11,14-15H,5-8H2,1-4H3. The van der Waals surface area contributed by atoms with Gasteiger partial charge in [-0.15, -0.1) is 0 Å². The van der Waals surface area contributed by atoms with Crippen LogP contribution >= 0.6 is 0 Å². The first-order chi connectivity index (χ1) is 8.19. The fraction of sp³-hybridized carbons (Fsp3) is 0.714. The zero-order valence-corrected chi connectivity index (χ0v) is 11.5. The summed E-state index contributed by atoms with van der Waals surface area (Å²) in [4.78, 5) is 0. The van der Waals surface area contributed by atoms with E-state index in [-0.39, 0.29) is 0 Å². The number of ether oxygens (including phenoxy) is 1. The molecule has 2 unspecified atom stereocenters. The van der Waals surface area contributed by atoms with E-state index in [1.807, 2.05) is 13.2 Å². The lowest BCUT2D eigenvalue weighted by molar-refractivity contribution is 0.170. The third kappa shape index (κ3) is 4.52. The van der Waals surface area contributed by atoms with Crippen molar-refractivity contribution in [2.24, 2.45) is 5.92 Å². The van der Waals surface area contributed by atoms with Crippen LogP contribution in [0.4, 0.5) is 0 Å². The molecule has 3 heteroatoms. The Bertz CT molecular complexity index is 309. The van der Waals surface area contributed by atoms with Gasteiger partial charge >= 0.3 is 0 Å². The quantitative estimate of drug-likeness (QED) is 0.756. The predicted octanol–water partition coefficient (Wildman–Crippen LogP) is 3.30. The van der Waals surface area contributed by atoms with Gasteiger partial charge in [-0.2, -0.15) is 0 Å². The minimum Gasteiger partial charge on any atom is -0.469 e. The highest BCUT2D eigenvalue weighted by atomic mass is 16.5. The second-order valence-electron chi connectivity index (χ2n) is 4.68. The molecule has 0 saturated carbocycles. The molecule has 0 amide bonds. The molecule has 1 heterocycles. The molecule has 1 aromatic rings. The van der Waals surface area contributed by atoms with Crippen LogP contribution < -0.4 is 5.32 Å². The molecule has 0 radical (unpaired) electrons. The first-order valence-electron chi connectivity index (χ1n) is 6.46. The van der Waals surface area contributed by atoms with E-state index >= 15 is 0 Å². The summed E-state index contributed by atoms with van der Waals surface area (Å²) in [5.41, 5.74) is 1.25. The van der Waals surface area contributed by atoms with Gasteiger partial charge in [-0.05, 0) is 38.3 Å². The van der Waals surface area contributed by atoms with Gasteiger partial charge < -0.3 is 14.5 Å². The van der Waals surface area contributed by atoms with Gasteiger partial charge in [0.05, 0.1) is 6.26 Å². The van der Waals surface area contributed by atoms with Crippen LogP contribution in [-0.4, -0.2) is 20.3 Å². The van der Waals surface area contributed by atoms with E-state index in [0.717, 1.165) is 31.8 Å². The highest BCUT2D eigenvalue weighted by molar-refractivity contribution is 5.17. The summed E-state index contributed by atoms with van der Waals surface area (Å²) in [5.74, 6) is 1.51. The van der Waals surface area contributed by atoms with Crippen molar-refractivity contribution < 1.29 is 9.15 Å². The molecule has 0 spiro atoms. The second-order valence-corrected chi connectivity index (χ2v) is 4.68. The number of furan rings is 1. The number of nitrogens with one attached hydrogen (secondary N) is 1. The SMILES string of the molecule is CCCNC(c1coc(C)c1)C(C)CCOC. The van der Waals surface area contributed by atoms with Gasteiger partial charge in [0.25, 0.3) is 0 Å². The van der Waals surface area contributed by atoms with Crippen molar-refractivity contribution in [3.63, 3.8) is 0 Å². The first-order valence-corrected chi connectivity index (χ1v) is 6.46. The van der Waals surface area contributed by atoms with Crippen molar-refractivity contribution in [2.45, 2.75) is 39.7 Å². The zero-order valence-electron chi connectivity index (χ0n) is 11.5.